The number of nitrogens with two attached hydrogens (primary N) is 1. The fraction of sp³-hybridized carbons (Fsp3) is 0.364. The molecule has 94 valence electrons. The van der Waals surface area contributed by atoms with Gasteiger partial charge in [0.2, 0.25) is 0 Å². The third kappa shape index (κ3) is 3.09. The Kier molecular flexibility index (Phi) is 4.74. The van der Waals surface area contributed by atoms with Crippen LogP contribution in [0, 0.1) is 5.82 Å². The topological polar surface area (TPSA) is 67.8 Å². The maximum absolute atomic E-state index is 13.9. The molecule has 1 aromatic rings. The Balaban J connectivity index is 3.11. The number of rotatable bonds is 4. The van der Waals surface area contributed by atoms with E-state index < -0.39 is 5.82 Å². The van der Waals surface area contributed by atoms with Crippen LogP contribution in [0.5, 0.6) is 5.75 Å². The minimum absolute atomic E-state index is 0.0777. The van der Waals surface area contributed by atoms with Crippen LogP contribution < -0.4 is 10.5 Å². The number of hydrogen-bond acceptors (Lipinski definition) is 3. The average Bonchev–Trinajstić information content (AvgIpc) is 2.34. The van der Waals surface area contributed by atoms with Crippen LogP contribution in [0.2, 0.25) is 0 Å². The summed E-state index contributed by atoms with van der Waals surface area (Å²) in [4.78, 5) is 0. The molecule has 0 radical (unpaired) electrons. The Bertz CT molecular complexity index is 438. The number of benzene rings is 1. The molecule has 0 spiro atoms. The summed E-state index contributed by atoms with van der Waals surface area (Å²) in [6, 6.07) is 2.99. The number of halogens is 2. The van der Waals surface area contributed by atoms with Gasteiger partial charge in [0.05, 0.1) is 10.6 Å². The second-order valence-electron chi connectivity index (χ2n) is 3.56. The molecule has 3 N–H and O–H groups in total. The first kappa shape index (κ1) is 13.8. The van der Waals surface area contributed by atoms with E-state index in [9.17, 15) is 4.39 Å². The Morgan fingerprint density at radius 2 is 2.29 bits per heavy atom. The predicted octanol–water partition coefficient (Wildman–Crippen LogP) is 2.86. The van der Waals surface area contributed by atoms with Crippen LogP contribution in [0.15, 0.2) is 21.8 Å². The molecule has 0 aliphatic carbocycles. The van der Waals surface area contributed by atoms with Gasteiger partial charge in [-0.25, -0.2) is 4.39 Å². The Hall–Kier alpha value is -1.30. The molecule has 0 heterocycles. The van der Waals surface area contributed by atoms with Crippen molar-refractivity contribution in [2.45, 2.75) is 26.4 Å². The summed E-state index contributed by atoms with van der Waals surface area (Å²) >= 11 is 3.06. The van der Waals surface area contributed by atoms with Crippen molar-refractivity contribution < 1.29 is 14.3 Å². The second-order valence-corrected chi connectivity index (χ2v) is 4.35. The molecule has 0 bridgehead atoms. The number of ether oxygens (including phenoxy) is 1. The van der Waals surface area contributed by atoms with Crippen molar-refractivity contribution >= 4 is 21.8 Å². The molecule has 0 amide bonds. The van der Waals surface area contributed by atoms with Crippen molar-refractivity contribution in [1.82, 2.24) is 0 Å². The Morgan fingerprint density at radius 1 is 1.65 bits per heavy atom. The molecule has 0 saturated carbocycles. The smallest absolute Gasteiger partial charge is 0.179 e. The van der Waals surface area contributed by atoms with Gasteiger partial charge in [-0.1, -0.05) is 12.1 Å². The minimum atomic E-state index is -0.561. The number of oxime groups is 1. The molecule has 0 aliphatic heterocycles. The second kappa shape index (κ2) is 5.86. The predicted molar refractivity (Wildman–Crippen MR) is 67.0 cm³/mol. The van der Waals surface area contributed by atoms with Gasteiger partial charge in [-0.05, 0) is 41.4 Å². The van der Waals surface area contributed by atoms with Crippen LogP contribution in [0.1, 0.15) is 25.8 Å². The number of hydrogen-bond donors (Lipinski definition) is 2. The third-order valence-electron chi connectivity index (χ3n) is 2.33. The van der Waals surface area contributed by atoms with E-state index in [0.717, 1.165) is 6.42 Å². The third-order valence-corrected chi connectivity index (χ3v) is 3.11. The summed E-state index contributed by atoms with van der Waals surface area (Å²) < 4.78 is 19.4. The van der Waals surface area contributed by atoms with Gasteiger partial charge in [0.25, 0.3) is 0 Å². The summed E-state index contributed by atoms with van der Waals surface area (Å²) in [6.07, 6.45) is 0.699. The van der Waals surface area contributed by atoms with Crippen LogP contribution in [0.3, 0.4) is 0 Å². The van der Waals surface area contributed by atoms with Gasteiger partial charge in [-0.3, -0.25) is 0 Å². The lowest BCUT2D eigenvalue weighted by Crippen LogP contribution is -2.16. The zero-order valence-corrected chi connectivity index (χ0v) is 11.2. The van der Waals surface area contributed by atoms with E-state index in [2.05, 4.69) is 21.1 Å². The normalized spacial score (nSPS) is 13.5. The standard InChI is InChI=1S/C11H14BrFN2O2/c1-3-6(2)17-8-5-4-7(11(14)15-16)9(12)10(8)13/h4-6,16H,3H2,1-2H3,(H2,14,15). The average molecular weight is 305 g/mol. The van der Waals surface area contributed by atoms with Gasteiger partial charge in [0, 0.05) is 5.56 Å². The Labute approximate surface area is 107 Å². The van der Waals surface area contributed by atoms with Crippen molar-refractivity contribution in [2.75, 3.05) is 0 Å². The number of nitrogens with zero attached hydrogens (tertiary/aromatic N) is 1. The summed E-state index contributed by atoms with van der Waals surface area (Å²) in [5.41, 5.74) is 5.68. The minimum Gasteiger partial charge on any atom is -0.488 e. The monoisotopic (exact) mass is 304 g/mol. The maximum Gasteiger partial charge on any atom is 0.179 e. The van der Waals surface area contributed by atoms with E-state index in [1.165, 1.54) is 12.1 Å². The molecule has 1 aromatic carbocycles. The summed E-state index contributed by atoms with van der Waals surface area (Å²) in [7, 11) is 0. The first-order valence-corrected chi connectivity index (χ1v) is 5.93. The molecule has 1 atom stereocenters. The highest BCUT2D eigenvalue weighted by molar-refractivity contribution is 9.10. The van der Waals surface area contributed by atoms with E-state index >= 15 is 0 Å². The van der Waals surface area contributed by atoms with Crippen molar-refractivity contribution in [3.8, 4) is 5.75 Å². The van der Waals surface area contributed by atoms with E-state index in [1.54, 1.807) is 0 Å². The molecule has 1 unspecified atom stereocenters. The maximum atomic E-state index is 13.9. The zero-order valence-electron chi connectivity index (χ0n) is 9.58. The van der Waals surface area contributed by atoms with Gasteiger partial charge in [0.1, 0.15) is 0 Å². The molecule has 4 nitrogen and oxygen atoms in total. The van der Waals surface area contributed by atoms with Gasteiger partial charge in [-0.15, -0.1) is 0 Å². The first-order valence-electron chi connectivity index (χ1n) is 5.13. The van der Waals surface area contributed by atoms with Gasteiger partial charge in [0.15, 0.2) is 17.4 Å². The van der Waals surface area contributed by atoms with Crippen LogP contribution >= 0.6 is 15.9 Å². The first-order chi connectivity index (χ1) is 8.01. The van der Waals surface area contributed by atoms with Crippen LogP contribution in [-0.2, 0) is 0 Å². The molecule has 0 aromatic heterocycles. The fourth-order valence-corrected chi connectivity index (χ4v) is 1.71. The largest absolute Gasteiger partial charge is 0.488 e. The quantitative estimate of drug-likeness (QED) is 0.389. The van der Waals surface area contributed by atoms with Crippen LogP contribution in [0.25, 0.3) is 0 Å². The summed E-state index contributed by atoms with van der Waals surface area (Å²) in [6.45, 7) is 3.80. The van der Waals surface area contributed by atoms with Crippen molar-refractivity contribution in [2.24, 2.45) is 10.9 Å². The molecule has 0 aliphatic rings. The number of amidine groups is 1. The fourth-order valence-electron chi connectivity index (χ4n) is 1.17. The molecular weight excluding hydrogens is 291 g/mol. The van der Waals surface area contributed by atoms with Crippen LogP contribution in [-0.4, -0.2) is 17.1 Å². The van der Waals surface area contributed by atoms with E-state index in [0.29, 0.717) is 0 Å². The van der Waals surface area contributed by atoms with Crippen molar-refractivity contribution in [3.05, 3.63) is 28.0 Å². The zero-order chi connectivity index (χ0) is 13.0. The highest BCUT2D eigenvalue weighted by Gasteiger charge is 2.16. The summed E-state index contributed by atoms with van der Waals surface area (Å²) in [5.74, 6) is -0.582. The van der Waals surface area contributed by atoms with Crippen molar-refractivity contribution in [3.63, 3.8) is 0 Å². The Morgan fingerprint density at radius 3 is 2.82 bits per heavy atom. The van der Waals surface area contributed by atoms with E-state index in [1.807, 2.05) is 13.8 Å². The van der Waals surface area contributed by atoms with Gasteiger partial charge in [-0.2, -0.15) is 0 Å². The van der Waals surface area contributed by atoms with Crippen molar-refractivity contribution in [1.29, 1.82) is 0 Å². The molecule has 6 heteroatoms. The van der Waals surface area contributed by atoms with Crippen LogP contribution in [0.4, 0.5) is 4.39 Å². The molecule has 1 rings (SSSR count). The summed E-state index contributed by atoms with van der Waals surface area (Å²) in [5, 5.41) is 11.4. The lowest BCUT2D eigenvalue weighted by atomic mass is 10.2. The van der Waals surface area contributed by atoms with Gasteiger partial charge < -0.3 is 15.7 Å². The van der Waals surface area contributed by atoms with E-state index in [4.69, 9.17) is 15.7 Å². The molecule has 0 fully saturated rings. The molecule has 0 saturated heterocycles. The molecular formula is C11H14BrFN2O2. The van der Waals surface area contributed by atoms with Gasteiger partial charge >= 0.3 is 0 Å². The lowest BCUT2D eigenvalue weighted by molar-refractivity contribution is 0.207. The molecule has 17 heavy (non-hydrogen) atoms. The van der Waals surface area contributed by atoms with E-state index in [-0.39, 0.29) is 27.7 Å². The SMILES string of the molecule is CCC(C)Oc1ccc(/C(N)=N/O)c(Br)c1F. The lowest BCUT2D eigenvalue weighted by Gasteiger charge is -2.14. The highest BCUT2D eigenvalue weighted by atomic mass is 79.9. The highest BCUT2D eigenvalue weighted by Crippen LogP contribution is 2.29.